The van der Waals surface area contributed by atoms with E-state index >= 15 is 0 Å². The number of benzene rings is 2. The van der Waals surface area contributed by atoms with Crippen LogP contribution in [0.1, 0.15) is 10.4 Å². The molecule has 0 saturated heterocycles. The lowest BCUT2D eigenvalue weighted by Crippen LogP contribution is -2.10. The van der Waals surface area contributed by atoms with Crippen LogP contribution >= 0.6 is 0 Å². The van der Waals surface area contributed by atoms with E-state index in [0.717, 1.165) is 0 Å². The second kappa shape index (κ2) is 5.25. The van der Waals surface area contributed by atoms with Gasteiger partial charge < -0.3 is 20.6 Å². The monoisotopic (exact) mass is 296 g/mol. The Morgan fingerprint density at radius 1 is 1.09 bits per heavy atom. The number of hydrogen-bond acceptors (Lipinski definition) is 5. The molecule has 3 aromatic rings. The van der Waals surface area contributed by atoms with Crippen molar-refractivity contribution < 1.29 is 14.3 Å². The Kier molecular flexibility index (Phi) is 3.27. The van der Waals surface area contributed by atoms with Crippen molar-refractivity contribution in [3.8, 4) is 0 Å². The lowest BCUT2D eigenvalue weighted by Gasteiger charge is -2.11. The molecule has 0 fully saturated rings. The molecule has 6 nitrogen and oxygen atoms in total. The van der Waals surface area contributed by atoms with Gasteiger partial charge in [0.1, 0.15) is 11.3 Å². The first-order chi connectivity index (χ1) is 10.6. The molecule has 0 atom stereocenters. The zero-order valence-electron chi connectivity index (χ0n) is 11.4. The maximum absolute atomic E-state index is 11.8. The highest BCUT2D eigenvalue weighted by atomic mass is 16.4. The number of fused-ring (bicyclic) bond motifs is 1. The number of para-hydroxylation sites is 1. The van der Waals surface area contributed by atoms with Crippen molar-refractivity contribution in [3.05, 3.63) is 64.5 Å². The van der Waals surface area contributed by atoms with Gasteiger partial charge in [-0.1, -0.05) is 12.1 Å². The van der Waals surface area contributed by atoms with Gasteiger partial charge in [-0.15, -0.1) is 0 Å². The number of hydrogen-bond donors (Lipinski definition) is 3. The molecule has 0 spiro atoms. The highest BCUT2D eigenvalue weighted by molar-refractivity contribution is 5.97. The van der Waals surface area contributed by atoms with Gasteiger partial charge in [-0.05, 0) is 36.4 Å². The summed E-state index contributed by atoms with van der Waals surface area (Å²) in [6, 6.07) is 13.2. The van der Waals surface area contributed by atoms with Crippen LogP contribution in [0.3, 0.4) is 0 Å². The van der Waals surface area contributed by atoms with Crippen LogP contribution in [-0.2, 0) is 0 Å². The highest BCUT2D eigenvalue weighted by Gasteiger charge is 2.12. The largest absolute Gasteiger partial charge is 0.478 e. The third-order valence-corrected chi connectivity index (χ3v) is 3.25. The van der Waals surface area contributed by atoms with Crippen molar-refractivity contribution in [2.75, 3.05) is 11.1 Å². The topological polar surface area (TPSA) is 106 Å². The SMILES string of the molecule is Nc1c(Nc2ccc(C(=O)O)cc2)c2ccccc2oc1=O. The van der Waals surface area contributed by atoms with Crippen LogP contribution in [0.4, 0.5) is 17.1 Å². The minimum absolute atomic E-state index is 0.0268. The summed E-state index contributed by atoms with van der Waals surface area (Å²) < 4.78 is 5.12. The fraction of sp³-hybridized carbons (Fsp3) is 0. The molecule has 3 rings (SSSR count). The molecular formula is C16H12N2O4. The number of nitrogen functional groups attached to an aromatic ring is 1. The number of aromatic carboxylic acids is 1. The van der Waals surface area contributed by atoms with Gasteiger partial charge in [-0.2, -0.15) is 0 Å². The van der Waals surface area contributed by atoms with Crippen molar-refractivity contribution >= 4 is 34.0 Å². The molecule has 1 heterocycles. The van der Waals surface area contributed by atoms with Gasteiger partial charge in [0.05, 0.1) is 11.3 Å². The first-order valence-electron chi connectivity index (χ1n) is 6.48. The van der Waals surface area contributed by atoms with Crippen LogP contribution < -0.4 is 16.7 Å². The smallest absolute Gasteiger partial charge is 0.361 e. The second-order valence-corrected chi connectivity index (χ2v) is 4.68. The Labute approximate surface area is 124 Å². The molecule has 0 amide bonds. The average molecular weight is 296 g/mol. The van der Waals surface area contributed by atoms with E-state index in [-0.39, 0.29) is 11.3 Å². The Balaban J connectivity index is 2.08. The van der Waals surface area contributed by atoms with Gasteiger partial charge >= 0.3 is 11.6 Å². The first kappa shape index (κ1) is 13.7. The quantitative estimate of drug-likeness (QED) is 0.642. The Morgan fingerprint density at radius 3 is 2.45 bits per heavy atom. The van der Waals surface area contributed by atoms with Gasteiger partial charge in [0.2, 0.25) is 0 Å². The number of carbonyl (C=O) groups is 1. The van der Waals surface area contributed by atoms with Gasteiger partial charge in [-0.3, -0.25) is 0 Å². The summed E-state index contributed by atoms with van der Waals surface area (Å²) in [6.45, 7) is 0. The van der Waals surface area contributed by atoms with Crippen molar-refractivity contribution in [1.82, 2.24) is 0 Å². The molecular weight excluding hydrogens is 284 g/mol. The van der Waals surface area contributed by atoms with Crippen molar-refractivity contribution in [3.63, 3.8) is 0 Å². The molecule has 4 N–H and O–H groups in total. The van der Waals surface area contributed by atoms with Crippen molar-refractivity contribution in [2.45, 2.75) is 0 Å². The summed E-state index contributed by atoms with van der Waals surface area (Å²) in [7, 11) is 0. The van der Waals surface area contributed by atoms with E-state index in [4.69, 9.17) is 15.3 Å². The second-order valence-electron chi connectivity index (χ2n) is 4.68. The summed E-state index contributed by atoms with van der Waals surface area (Å²) in [6.07, 6.45) is 0. The minimum Gasteiger partial charge on any atom is -0.478 e. The predicted molar refractivity (Wildman–Crippen MR) is 83.6 cm³/mol. The maximum atomic E-state index is 11.8. The predicted octanol–water partition coefficient (Wildman–Crippen LogP) is 2.82. The minimum atomic E-state index is -1.00. The van der Waals surface area contributed by atoms with Gasteiger partial charge in [-0.25, -0.2) is 9.59 Å². The number of nitrogens with one attached hydrogen (secondary N) is 1. The van der Waals surface area contributed by atoms with E-state index in [2.05, 4.69) is 5.32 Å². The van der Waals surface area contributed by atoms with E-state index in [1.165, 1.54) is 12.1 Å². The summed E-state index contributed by atoms with van der Waals surface area (Å²) in [5.41, 5.74) is 6.82. The van der Waals surface area contributed by atoms with Crippen molar-refractivity contribution in [2.24, 2.45) is 0 Å². The summed E-state index contributed by atoms with van der Waals surface area (Å²) >= 11 is 0. The molecule has 2 aromatic carbocycles. The van der Waals surface area contributed by atoms with E-state index in [1.54, 1.807) is 36.4 Å². The number of anilines is 3. The zero-order chi connectivity index (χ0) is 15.7. The molecule has 0 unspecified atom stereocenters. The number of nitrogens with two attached hydrogens (primary N) is 1. The molecule has 0 radical (unpaired) electrons. The normalized spacial score (nSPS) is 10.5. The number of carboxylic acid groups (broad SMARTS) is 1. The van der Waals surface area contributed by atoms with E-state index in [1.807, 2.05) is 0 Å². The van der Waals surface area contributed by atoms with E-state index < -0.39 is 11.6 Å². The molecule has 0 saturated carbocycles. The summed E-state index contributed by atoms with van der Waals surface area (Å²) in [5, 5.41) is 12.6. The fourth-order valence-corrected chi connectivity index (χ4v) is 2.14. The van der Waals surface area contributed by atoms with Crippen molar-refractivity contribution in [1.29, 1.82) is 0 Å². The molecule has 22 heavy (non-hydrogen) atoms. The van der Waals surface area contributed by atoms with Crippen LogP contribution in [0.15, 0.2) is 57.7 Å². The van der Waals surface area contributed by atoms with Crippen LogP contribution in [0.25, 0.3) is 11.0 Å². The van der Waals surface area contributed by atoms with Crippen LogP contribution in [-0.4, -0.2) is 11.1 Å². The molecule has 1 aromatic heterocycles. The standard InChI is InChI=1S/C16H12N2O4/c17-13-14(11-3-1-2-4-12(11)22-16(13)21)18-10-7-5-9(6-8-10)15(19)20/h1-8,18H,17H2,(H,19,20). The van der Waals surface area contributed by atoms with E-state index in [0.29, 0.717) is 22.3 Å². The summed E-state index contributed by atoms with van der Waals surface area (Å²) in [4.78, 5) is 22.6. The van der Waals surface area contributed by atoms with Gasteiger partial charge in [0.25, 0.3) is 0 Å². The highest BCUT2D eigenvalue weighted by Crippen LogP contribution is 2.29. The lowest BCUT2D eigenvalue weighted by molar-refractivity contribution is 0.0697. The maximum Gasteiger partial charge on any atom is 0.361 e. The summed E-state index contributed by atoms with van der Waals surface area (Å²) in [5.74, 6) is -1.00. The van der Waals surface area contributed by atoms with Crippen LogP contribution in [0.2, 0.25) is 0 Å². The lowest BCUT2D eigenvalue weighted by atomic mass is 10.1. The Morgan fingerprint density at radius 2 is 1.77 bits per heavy atom. The third-order valence-electron chi connectivity index (χ3n) is 3.25. The number of rotatable bonds is 3. The number of carboxylic acids is 1. The third kappa shape index (κ3) is 2.37. The van der Waals surface area contributed by atoms with Gasteiger partial charge in [0.15, 0.2) is 0 Å². The first-order valence-corrected chi connectivity index (χ1v) is 6.48. The van der Waals surface area contributed by atoms with E-state index in [9.17, 15) is 9.59 Å². The van der Waals surface area contributed by atoms with Crippen LogP contribution in [0, 0.1) is 0 Å². The molecule has 0 bridgehead atoms. The van der Waals surface area contributed by atoms with Crippen LogP contribution in [0.5, 0.6) is 0 Å². The molecule has 0 aliphatic heterocycles. The fourth-order valence-electron chi connectivity index (χ4n) is 2.14. The zero-order valence-corrected chi connectivity index (χ0v) is 11.4. The molecule has 0 aliphatic rings. The Hall–Kier alpha value is -3.28. The van der Waals surface area contributed by atoms with Gasteiger partial charge in [0, 0.05) is 11.1 Å². The molecule has 110 valence electrons. The molecule has 6 heteroatoms. The average Bonchev–Trinajstić information content (AvgIpc) is 2.52. The Bertz CT molecular complexity index is 914. The molecule has 0 aliphatic carbocycles.